The Bertz CT molecular complexity index is 586. The fourth-order valence-corrected chi connectivity index (χ4v) is 3.05. The van der Waals surface area contributed by atoms with E-state index in [4.69, 9.17) is 4.74 Å². The first-order chi connectivity index (χ1) is 13.6. The van der Waals surface area contributed by atoms with Crippen LogP contribution in [0.2, 0.25) is 0 Å². The van der Waals surface area contributed by atoms with Crippen LogP contribution in [0.15, 0.2) is 30.3 Å². The number of benzene rings is 1. The van der Waals surface area contributed by atoms with Gasteiger partial charge in [-0.2, -0.15) is 0 Å². The molecule has 0 aliphatic heterocycles. The van der Waals surface area contributed by atoms with Crippen LogP contribution < -0.4 is 5.32 Å². The molecule has 0 saturated heterocycles. The van der Waals surface area contributed by atoms with Gasteiger partial charge in [0.05, 0.1) is 6.61 Å². The van der Waals surface area contributed by atoms with Gasteiger partial charge in [0, 0.05) is 18.4 Å². The van der Waals surface area contributed by atoms with Gasteiger partial charge in [-0.1, -0.05) is 82.2 Å². The second-order valence-electron chi connectivity index (χ2n) is 7.09. The quantitative estimate of drug-likeness (QED) is 0.265. The molecule has 0 unspecified atom stereocenters. The molecule has 1 rings (SSSR count). The van der Waals surface area contributed by atoms with Crippen LogP contribution in [0.1, 0.15) is 88.4 Å². The highest BCUT2D eigenvalue weighted by atomic mass is 16.5. The topological polar surface area (TPSA) is 72.5 Å². The Labute approximate surface area is 169 Å². The summed E-state index contributed by atoms with van der Waals surface area (Å²) in [6, 6.07) is 7.83. The number of Topliss-reactive ketones (excluding diaryl/α,β-unsaturated/α-hetero) is 1. The Morgan fingerprint density at radius 1 is 0.893 bits per heavy atom. The highest BCUT2D eigenvalue weighted by Gasteiger charge is 2.25. The summed E-state index contributed by atoms with van der Waals surface area (Å²) < 4.78 is 5.03. The Kier molecular flexibility index (Phi) is 12.6. The molecule has 1 N–H and O–H groups in total. The third-order valence-electron chi connectivity index (χ3n) is 4.65. The second kappa shape index (κ2) is 14.8. The molecule has 0 radical (unpaired) electrons. The minimum Gasteiger partial charge on any atom is -0.464 e. The Balaban J connectivity index is 2.40. The molecule has 0 fully saturated rings. The van der Waals surface area contributed by atoms with Gasteiger partial charge in [-0.05, 0) is 13.3 Å². The van der Waals surface area contributed by atoms with E-state index in [0.717, 1.165) is 19.3 Å². The third kappa shape index (κ3) is 10.2. The summed E-state index contributed by atoms with van der Waals surface area (Å²) in [6.07, 6.45) is 9.49. The number of rotatable bonds is 15. The number of hydrogen-bond donors (Lipinski definition) is 1. The molecule has 1 aromatic rings. The zero-order valence-corrected chi connectivity index (χ0v) is 17.4. The maximum atomic E-state index is 12.4. The standard InChI is InChI=1S/C23H35NO4/c1-3-5-6-7-8-9-10-14-17-22(26)24-20(23(27)28-4-2)18-21(25)19-15-12-11-13-16-19/h11-13,15-16,20H,3-10,14,17-18H2,1-2H3,(H,24,26)/t20-/m1/s1. The van der Waals surface area contributed by atoms with E-state index >= 15 is 0 Å². The summed E-state index contributed by atoms with van der Waals surface area (Å²) in [4.78, 5) is 36.8. The average molecular weight is 390 g/mol. The zero-order chi connectivity index (χ0) is 20.6. The summed E-state index contributed by atoms with van der Waals surface area (Å²) in [7, 11) is 0. The minimum atomic E-state index is -0.936. The maximum Gasteiger partial charge on any atom is 0.329 e. The lowest BCUT2D eigenvalue weighted by atomic mass is 10.0. The Hall–Kier alpha value is -2.17. The number of unbranched alkanes of at least 4 members (excludes halogenated alkanes) is 7. The number of amides is 1. The zero-order valence-electron chi connectivity index (χ0n) is 17.4. The highest BCUT2D eigenvalue weighted by Crippen LogP contribution is 2.11. The SMILES string of the molecule is CCCCCCCCCCC(=O)N[C@H](CC(=O)c1ccccc1)C(=O)OCC. The molecule has 0 aromatic heterocycles. The van der Waals surface area contributed by atoms with Crippen molar-refractivity contribution < 1.29 is 19.1 Å². The summed E-state index contributed by atoms with van der Waals surface area (Å²) >= 11 is 0. The van der Waals surface area contributed by atoms with E-state index in [0.29, 0.717) is 12.0 Å². The fourth-order valence-electron chi connectivity index (χ4n) is 3.05. The van der Waals surface area contributed by atoms with Gasteiger partial charge in [-0.15, -0.1) is 0 Å². The summed E-state index contributed by atoms with van der Waals surface area (Å²) in [5, 5.41) is 2.69. The number of carbonyl (C=O) groups is 3. The van der Waals surface area contributed by atoms with Crippen molar-refractivity contribution in [2.75, 3.05) is 6.61 Å². The van der Waals surface area contributed by atoms with Gasteiger partial charge in [-0.3, -0.25) is 9.59 Å². The van der Waals surface area contributed by atoms with Crippen LogP contribution in [0.25, 0.3) is 0 Å². The summed E-state index contributed by atoms with van der Waals surface area (Å²) in [5.41, 5.74) is 0.522. The van der Waals surface area contributed by atoms with Crippen LogP contribution in [0, 0.1) is 0 Å². The monoisotopic (exact) mass is 389 g/mol. The van der Waals surface area contributed by atoms with Crippen molar-refractivity contribution in [3.63, 3.8) is 0 Å². The molecule has 0 bridgehead atoms. The molecule has 0 saturated carbocycles. The van der Waals surface area contributed by atoms with Gasteiger partial charge in [0.1, 0.15) is 6.04 Å². The third-order valence-corrected chi connectivity index (χ3v) is 4.65. The van der Waals surface area contributed by atoms with Crippen molar-refractivity contribution in [3.05, 3.63) is 35.9 Å². The number of nitrogens with one attached hydrogen (secondary N) is 1. The van der Waals surface area contributed by atoms with Crippen LogP contribution in [0.3, 0.4) is 0 Å². The highest BCUT2D eigenvalue weighted by molar-refractivity contribution is 5.99. The van der Waals surface area contributed by atoms with E-state index in [9.17, 15) is 14.4 Å². The van der Waals surface area contributed by atoms with E-state index in [1.54, 1.807) is 31.2 Å². The van der Waals surface area contributed by atoms with Crippen LogP contribution >= 0.6 is 0 Å². The van der Waals surface area contributed by atoms with Gasteiger partial charge in [0.15, 0.2) is 5.78 Å². The molecule has 156 valence electrons. The molecule has 28 heavy (non-hydrogen) atoms. The Morgan fingerprint density at radius 2 is 1.50 bits per heavy atom. The number of carbonyl (C=O) groups excluding carboxylic acids is 3. The molecule has 0 heterocycles. The molecule has 1 atom stereocenters. The molecule has 0 spiro atoms. The molecule has 5 nitrogen and oxygen atoms in total. The largest absolute Gasteiger partial charge is 0.464 e. The van der Waals surface area contributed by atoms with Crippen molar-refractivity contribution >= 4 is 17.7 Å². The number of esters is 1. The van der Waals surface area contributed by atoms with Crippen LogP contribution in [-0.4, -0.2) is 30.3 Å². The van der Waals surface area contributed by atoms with E-state index in [1.165, 1.54) is 32.1 Å². The van der Waals surface area contributed by atoms with Gasteiger partial charge >= 0.3 is 5.97 Å². The number of hydrogen-bond acceptors (Lipinski definition) is 4. The molecule has 1 amide bonds. The number of ketones is 1. The second-order valence-corrected chi connectivity index (χ2v) is 7.09. The van der Waals surface area contributed by atoms with Crippen molar-refractivity contribution in [2.45, 2.75) is 84.1 Å². The predicted octanol–water partition coefficient (Wildman–Crippen LogP) is 4.84. The van der Waals surface area contributed by atoms with Crippen molar-refractivity contribution in [1.29, 1.82) is 0 Å². The number of ether oxygens (including phenoxy) is 1. The molecule has 5 heteroatoms. The molecule has 0 aliphatic rings. The van der Waals surface area contributed by atoms with Crippen LogP contribution in [0.4, 0.5) is 0 Å². The summed E-state index contributed by atoms with van der Waals surface area (Å²) in [6.45, 7) is 4.12. The van der Waals surface area contributed by atoms with Crippen LogP contribution in [-0.2, 0) is 14.3 Å². The first kappa shape index (κ1) is 23.9. The lowest BCUT2D eigenvalue weighted by Gasteiger charge is -2.17. The normalized spacial score (nSPS) is 11.6. The molecule has 1 aromatic carbocycles. The Morgan fingerprint density at radius 3 is 2.11 bits per heavy atom. The molecule has 0 aliphatic carbocycles. The van der Waals surface area contributed by atoms with Gasteiger partial charge < -0.3 is 10.1 Å². The first-order valence-electron chi connectivity index (χ1n) is 10.6. The lowest BCUT2D eigenvalue weighted by molar-refractivity contribution is -0.147. The van der Waals surface area contributed by atoms with E-state index in [1.807, 2.05) is 6.07 Å². The van der Waals surface area contributed by atoms with Crippen LogP contribution in [0.5, 0.6) is 0 Å². The van der Waals surface area contributed by atoms with E-state index < -0.39 is 12.0 Å². The lowest BCUT2D eigenvalue weighted by Crippen LogP contribution is -2.43. The fraction of sp³-hybridized carbons (Fsp3) is 0.609. The smallest absolute Gasteiger partial charge is 0.329 e. The average Bonchev–Trinajstić information content (AvgIpc) is 2.70. The van der Waals surface area contributed by atoms with Gasteiger partial charge in [0.2, 0.25) is 5.91 Å². The first-order valence-corrected chi connectivity index (χ1v) is 10.6. The van der Waals surface area contributed by atoms with Gasteiger partial charge in [0.25, 0.3) is 0 Å². The minimum absolute atomic E-state index is 0.0913. The maximum absolute atomic E-state index is 12.4. The van der Waals surface area contributed by atoms with E-state index in [2.05, 4.69) is 12.2 Å². The summed E-state index contributed by atoms with van der Waals surface area (Å²) in [5.74, 6) is -0.952. The van der Waals surface area contributed by atoms with Gasteiger partial charge in [-0.25, -0.2) is 4.79 Å². The van der Waals surface area contributed by atoms with Crippen molar-refractivity contribution in [2.24, 2.45) is 0 Å². The van der Waals surface area contributed by atoms with Crippen molar-refractivity contribution in [3.8, 4) is 0 Å². The molecular formula is C23H35NO4. The van der Waals surface area contributed by atoms with Crippen molar-refractivity contribution in [1.82, 2.24) is 5.32 Å². The molecular weight excluding hydrogens is 354 g/mol. The predicted molar refractivity (Wildman–Crippen MR) is 111 cm³/mol. The van der Waals surface area contributed by atoms with E-state index in [-0.39, 0.29) is 24.7 Å².